The van der Waals surface area contributed by atoms with E-state index in [4.69, 9.17) is 0 Å². The summed E-state index contributed by atoms with van der Waals surface area (Å²) in [6.45, 7) is 7.02. The number of fused-ring (bicyclic) bond motifs is 1. The van der Waals surface area contributed by atoms with Crippen molar-refractivity contribution in [2.24, 2.45) is 13.0 Å². The van der Waals surface area contributed by atoms with Gasteiger partial charge in [-0.3, -0.25) is 14.4 Å². The maximum atomic E-state index is 13.2. The molecule has 0 spiro atoms. The first kappa shape index (κ1) is 15.1. The van der Waals surface area contributed by atoms with Gasteiger partial charge in [0.2, 0.25) is 5.91 Å². The smallest absolute Gasteiger partial charge is 0.227 e. The molecule has 1 aromatic rings. The minimum atomic E-state index is 0.0506. The van der Waals surface area contributed by atoms with Gasteiger partial charge in [-0.2, -0.15) is 5.10 Å². The SMILES string of the molecule is CC1CN2CCCC2CN1C(=O)[C@H]1CNC[C@@H]1c1cnn(C)c1. The Morgan fingerprint density at radius 3 is 3.00 bits per heavy atom. The molecular formula is C17H27N5O. The predicted octanol–water partition coefficient (Wildman–Crippen LogP) is 0.418. The van der Waals surface area contributed by atoms with E-state index in [2.05, 4.69) is 33.3 Å². The highest BCUT2D eigenvalue weighted by Gasteiger charge is 2.42. The second-order valence-electron chi connectivity index (χ2n) is 7.45. The van der Waals surface area contributed by atoms with Gasteiger partial charge < -0.3 is 10.2 Å². The molecule has 0 aliphatic carbocycles. The molecule has 0 radical (unpaired) electrons. The minimum Gasteiger partial charge on any atom is -0.337 e. The van der Waals surface area contributed by atoms with E-state index < -0.39 is 0 Å². The number of aromatic nitrogens is 2. The van der Waals surface area contributed by atoms with Crippen molar-refractivity contribution in [3.8, 4) is 0 Å². The first-order valence-corrected chi connectivity index (χ1v) is 8.87. The van der Waals surface area contributed by atoms with E-state index in [9.17, 15) is 4.79 Å². The summed E-state index contributed by atoms with van der Waals surface area (Å²) in [6, 6.07) is 0.911. The quantitative estimate of drug-likeness (QED) is 0.859. The lowest BCUT2D eigenvalue weighted by molar-refractivity contribution is -0.141. The molecule has 23 heavy (non-hydrogen) atoms. The Bertz CT molecular complexity index is 585. The third-order valence-electron chi connectivity index (χ3n) is 5.90. The summed E-state index contributed by atoms with van der Waals surface area (Å²) in [4.78, 5) is 18.0. The minimum absolute atomic E-state index is 0.0506. The van der Waals surface area contributed by atoms with Crippen LogP contribution >= 0.6 is 0 Å². The molecule has 0 saturated carbocycles. The number of nitrogens with one attached hydrogen (secondary N) is 1. The molecule has 4 atom stereocenters. The number of carbonyl (C=O) groups is 1. The van der Waals surface area contributed by atoms with Crippen LogP contribution in [0, 0.1) is 5.92 Å². The standard InChI is InChI=1S/C17H27N5O/c1-12-9-21-5-3-4-14(21)11-22(12)17(23)16-8-18-7-15(16)13-6-19-20(2)10-13/h6,10,12,14-16,18H,3-5,7-9,11H2,1-2H3/t12?,14?,15-,16+/m1/s1. The topological polar surface area (TPSA) is 53.4 Å². The van der Waals surface area contributed by atoms with Crippen LogP contribution in [0.1, 0.15) is 31.2 Å². The van der Waals surface area contributed by atoms with Gasteiger partial charge in [0, 0.05) is 57.4 Å². The number of rotatable bonds is 2. The lowest BCUT2D eigenvalue weighted by Crippen LogP contribution is -2.58. The zero-order valence-electron chi connectivity index (χ0n) is 14.1. The van der Waals surface area contributed by atoms with E-state index >= 15 is 0 Å². The van der Waals surface area contributed by atoms with Gasteiger partial charge in [-0.25, -0.2) is 0 Å². The first-order valence-electron chi connectivity index (χ1n) is 8.87. The molecular weight excluding hydrogens is 290 g/mol. The van der Waals surface area contributed by atoms with Gasteiger partial charge in [0.05, 0.1) is 12.1 Å². The largest absolute Gasteiger partial charge is 0.337 e. The summed E-state index contributed by atoms with van der Waals surface area (Å²) in [5.74, 6) is 0.641. The van der Waals surface area contributed by atoms with E-state index in [1.165, 1.54) is 24.9 Å². The number of piperazine rings is 1. The van der Waals surface area contributed by atoms with Crippen molar-refractivity contribution in [2.75, 3.05) is 32.7 Å². The molecule has 2 unspecified atom stereocenters. The summed E-state index contributed by atoms with van der Waals surface area (Å²) in [5.41, 5.74) is 1.18. The molecule has 6 heteroatoms. The molecule has 0 aromatic carbocycles. The summed E-state index contributed by atoms with van der Waals surface area (Å²) in [6.07, 6.45) is 6.49. The van der Waals surface area contributed by atoms with Crippen molar-refractivity contribution in [1.82, 2.24) is 24.9 Å². The van der Waals surface area contributed by atoms with Crippen molar-refractivity contribution < 1.29 is 4.79 Å². The highest BCUT2D eigenvalue weighted by molar-refractivity contribution is 5.81. The molecule has 1 N–H and O–H groups in total. The van der Waals surface area contributed by atoms with Crippen molar-refractivity contribution >= 4 is 5.91 Å². The van der Waals surface area contributed by atoms with Gasteiger partial charge in [0.1, 0.15) is 0 Å². The Morgan fingerprint density at radius 1 is 1.35 bits per heavy atom. The van der Waals surface area contributed by atoms with Crippen LogP contribution in [0.5, 0.6) is 0 Å². The average Bonchev–Trinajstić information content (AvgIpc) is 3.24. The van der Waals surface area contributed by atoms with Crippen LogP contribution in [0.3, 0.4) is 0 Å². The molecule has 4 heterocycles. The van der Waals surface area contributed by atoms with Gasteiger partial charge in [-0.1, -0.05) is 0 Å². The Morgan fingerprint density at radius 2 is 2.22 bits per heavy atom. The summed E-state index contributed by atoms with van der Waals surface area (Å²) in [7, 11) is 1.93. The van der Waals surface area contributed by atoms with Crippen molar-refractivity contribution in [2.45, 2.75) is 37.8 Å². The molecule has 3 saturated heterocycles. The van der Waals surface area contributed by atoms with Gasteiger partial charge in [0.15, 0.2) is 0 Å². The van der Waals surface area contributed by atoms with Crippen LogP contribution < -0.4 is 5.32 Å². The predicted molar refractivity (Wildman–Crippen MR) is 88.1 cm³/mol. The average molecular weight is 317 g/mol. The number of carbonyl (C=O) groups excluding carboxylic acids is 1. The normalized spacial score (nSPS) is 34.8. The van der Waals surface area contributed by atoms with Gasteiger partial charge in [0.25, 0.3) is 0 Å². The summed E-state index contributed by atoms with van der Waals surface area (Å²) < 4.78 is 1.83. The fraction of sp³-hybridized carbons (Fsp3) is 0.765. The molecule has 0 bridgehead atoms. The Labute approximate surface area is 137 Å². The van der Waals surface area contributed by atoms with Crippen molar-refractivity contribution in [1.29, 1.82) is 0 Å². The Kier molecular flexibility index (Phi) is 3.89. The Hall–Kier alpha value is -1.40. The number of nitrogens with zero attached hydrogens (tertiary/aromatic N) is 4. The fourth-order valence-electron chi connectivity index (χ4n) is 4.63. The molecule has 6 nitrogen and oxygen atoms in total. The lowest BCUT2D eigenvalue weighted by atomic mass is 9.89. The number of amides is 1. The van der Waals surface area contributed by atoms with E-state index in [0.717, 1.165) is 26.2 Å². The van der Waals surface area contributed by atoms with Crippen LogP contribution in [0.25, 0.3) is 0 Å². The first-order chi connectivity index (χ1) is 11.1. The summed E-state index contributed by atoms with van der Waals surface area (Å²) in [5, 5.41) is 7.70. The molecule has 126 valence electrons. The monoisotopic (exact) mass is 317 g/mol. The van der Waals surface area contributed by atoms with Crippen LogP contribution in [-0.2, 0) is 11.8 Å². The van der Waals surface area contributed by atoms with Gasteiger partial charge in [-0.05, 0) is 31.9 Å². The van der Waals surface area contributed by atoms with Crippen molar-refractivity contribution in [3.05, 3.63) is 18.0 Å². The summed E-state index contributed by atoms with van der Waals surface area (Å²) >= 11 is 0. The van der Waals surface area contributed by atoms with E-state index in [-0.39, 0.29) is 11.8 Å². The molecule has 1 amide bonds. The highest BCUT2D eigenvalue weighted by atomic mass is 16.2. The maximum absolute atomic E-state index is 13.2. The maximum Gasteiger partial charge on any atom is 0.227 e. The molecule has 1 aromatic heterocycles. The van der Waals surface area contributed by atoms with Crippen LogP contribution in [-0.4, -0.2) is 70.3 Å². The second-order valence-corrected chi connectivity index (χ2v) is 7.45. The Balaban J connectivity index is 1.51. The zero-order valence-corrected chi connectivity index (χ0v) is 14.1. The van der Waals surface area contributed by atoms with Crippen LogP contribution in [0.15, 0.2) is 12.4 Å². The van der Waals surface area contributed by atoms with E-state index in [1.54, 1.807) is 0 Å². The number of aryl methyl sites for hydroxylation is 1. The molecule has 4 rings (SSSR count). The molecule has 3 aliphatic heterocycles. The van der Waals surface area contributed by atoms with E-state index in [1.807, 2.05) is 17.9 Å². The van der Waals surface area contributed by atoms with Gasteiger partial charge >= 0.3 is 0 Å². The van der Waals surface area contributed by atoms with Gasteiger partial charge in [-0.15, -0.1) is 0 Å². The number of hydrogen-bond donors (Lipinski definition) is 1. The van der Waals surface area contributed by atoms with Crippen LogP contribution in [0.2, 0.25) is 0 Å². The molecule has 3 fully saturated rings. The lowest BCUT2D eigenvalue weighted by Gasteiger charge is -2.43. The van der Waals surface area contributed by atoms with Crippen molar-refractivity contribution in [3.63, 3.8) is 0 Å². The highest BCUT2D eigenvalue weighted by Crippen LogP contribution is 2.32. The fourth-order valence-corrected chi connectivity index (χ4v) is 4.63. The van der Waals surface area contributed by atoms with Crippen LogP contribution in [0.4, 0.5) is 0 Å². The number of hydrogen-bond acceptors (Lipinski definition) is 4. The third kappa shape index (κ3) is 2.68. The second kappa shape index (κ2) is 5.91. The zero-order chi connectivity index (χ0) is 16.0. The third-order valence-corrected chi connectivity index (χ3v) is 5.90. The van der Waals surface area contributed by atoms with E-state index in [0.29, 0.717) is 18.0 Å². The molecule has 3 aliphatic rings.